The smallest absolute Gasteiger partial charge is 0.257 e. The number of aromatic nitrogens is 1. The topological polar surface area (TPSA) is 70.1 Å². The zero-order chi connectivity index (χ0) is 27.4. The fourth-order valence-corrected chi connectivity index (χ4v) is 4.95. The molecule has 0 N–H and O–H groups in total. The Morgan fingerprint density at radius 2 is 1.79 bits per heavy atom. The number of ether oxygens (including phenoxy) is 4. The Hall–Kier alpha value is -4.17. The molecule has 0 aliphatic carbocycles. The molecule has 4 aromatic rings. The molecule has 0 radical (unpaired) electrons. The van der Waals surface area contributed by atoms with Crippen LogP contribution >= 0.6 is 0 Å². The summed E-state index contributed by atoms with van der Waals surface area (Å²) >= 11 is 0. The van der Waals surface area contributed by atoms with E-state index in [1.807, 2.05) is 42.5 Å². The Morgan fingerprint density at radius 1 is 1.00 bits per heavy atom. The zero-order valence-electron chi connectivity index (χ0n) is 22.3. The first kappa shape index (κ1) is 26.4. The first-order chi connectivity index (χ1) is 19.0. The maximum Gasteiger partial charge on any atom is 0.257 e. The summed E-state index contributed by atoms with van der Waals surface area (Å²) in [5, 5.41) is 0.824. The summed E-state index contributed by atoms with van der Waals surface area (Å²) in [4.78, 5) is 20.4. The highest BCUT2D eigenvalue weighted by Gasteiger charge is 2.26. The van der Waals surface area contributed by atoms with Crippen molar-refractivity contribution < 1.29 is 28.1 Å². The standard InChI is InChI=1S/C31H31FN2O5/c1-36-23-9-6-8-20(15-23)30-22(14-21-16-28(37-2)29(38-3)17-27(21)33-30)18-34(19-24-10-7-13-39-24)31(35)25-11-4-5-12-26(25)32/h4-6,8-9,11-12,14-17,24H,7,10,13,18-19H2,1-3H3/t24-/m1/s1. The highest BCUT2D eigenvalue weighted by Crippen LogP contribution is 2.35. The number of fused-ring (bicyclic) bond motifs is 1. The minimum absolute atomic E-state index is 0.0265. The number of methoxy groups -OCH3 is 3. The summed E-state index contributed by atoms with van der Waals surface area (Å²) in [5.74, 6) is 0.877. The first-order valence-corrected chi connectivity index (χ1v) is 12.9. The van der Waals surface area contributed by atoms with Gasteiger partial charge in [0.05, 0.1) is 44.2 Å². The van der Waals surface area contributed by atoms with E-state index < -0.39 is 11.7 Å². The van der Waals surface area contributed by atoms with Crippen molar-refractivity contribution in [2.75, 3.05) is 34.5 Å². The van der Waals surface area contributed by atoms with E-state index in [1.54, 1.807) is 38.4 Å². The van der Waals surface area contributed by atoms with Gasteiger partial charge in [-0.15, -0.1) is 0 Å². The van der Waals surface area contributed by atoms with E-state index in [0.29, 0.717) is 41.6 Å². The number of benzene rings is 3. The van der Waals surface area contributed by atoms with Gasteiger partial charge in [0.25, 0.3) is 5.91 Å². The third kappa shape index (κ3) is 5.66. The molecule has 1 aliphatic rings. The van der Waals surface area contributed by atoms with E-state index in [-0.39, 0.29) is 18.2 Å². The lowest BCUT2D eigenvalue weighted by atomic mass is 10.0. The number of nitrogens with zero attached hydrogens (tertiary/aromatic N) is 2. The van der Waals surface area contributed by atoms with Gasteiger partial charge >= 0.3 is 0 Å². The molecule has 1 saturated heterocycles. The van der Waals surface area contributed by atoms with Crippen LogP contribution < -0.4 is 14.2 Å². The molecule has 202 valence electrons. The van der Waals surface area contributed by atoms with Crippen LogP contribution in [0.2, 0.25) is 0 Å². The first-order valence-electron chi connectivity index (χ1n) is 12.9. The Labute approximate surface area is 227 Å². The maximum atomic E-state index is 14.7. The second kappa shape index (κ2) is 11.7. The molecular weight excluding hydrogens is 499 g/mol. The molecule has 7 nitrogen and oxygen atoms in total. The molecule has 1 aromatic heterocycles. The van der Waals surface area contributed by atoms with Crippen LogP contribution in [0.5, 0.6) is 17.2 Å². The monoisotopic (exact) mass is 530 g/mol. The molecule has 1 amide bonds. The van der Waals surface area contributed by atoms with Gasteiger partial charge in [0, 0.05) is 36.7 Å². The molecule has 1 aliphatic heterocycles. The van der Waals surface area contributed by atoms with Crippen LogP contribution in [-0.4, -0.2) is 56.4 Å². The van der Waals surface area contributed by atoms with E-state index in [2.05, 4.69) is 0 Å². The van der Waals surface area contributed by atoms with E-state index >= 15 is 0 Å². The molecule has 1 atom stereocenters. The second-order valence-corrected chi connectivity index (χ2v) is 9.43. The Bertz CT molecular complexity index is 1490. The normalized spacial score (nSPS) is 14.8. The molecule has 8 heteroatoms. The minimum Gasteiger partial charge on any atom is -0.497 e. The average Bonchev–Trinajstić information content (AvgIpc) is 3.49. The Kier molecular flexibility index (Phi) is 7.93. The molecule has 1 fully saturated rings. The van der Waals surface area contributed by atoms with Crippen molar-refractivity contribution in [3.63, 3.8) is 0 Å². The van der Waals surface area contributed by atoms with Crippen LogP contribution in [0.25, 0.3) is 22.2 Å². The number of pyridine rings is 1. The van der Waals surface area contributed by atoms with Gasteiger partial charge in [0.1, 0.15) is 11.6 Å². The SMILES string of the molecule is COc1cccc(-c2nc3cc(OC)c(OC)cc3cc2CN(C[C@H]2CCCO2)C(=O)c2ccccc2F)c1. The van der Waals surface area contributed by atoms with Gasteiger partial charge in [-0.2, -0.15) is 0 Å². The largest absolute Gasteiger partial charge is 0.497 e. The van der Waals surface area contributed by atoms with Crippen molar-refractivity contribution in [3.8, 4) is 28.5 Å². The van der Waals surface area contributed by atoms with Crippen molar-refractivity contribution in [2.45, 2.75) is 25.5 Å². The molecule has 2 heterocycles. The number of hydrogen-bond acceptors (Lipinski definition) is 6. The van der Waals surface area contributed by atoms with Crippen LogP contribution in [0.15, 0.2) is 66.7 Å². The predicted octanol–water partition coefficient (Wildman–Crippen LogP) is 5.89. The minimum atomic E-state index is -0.554. The second-order valence-electron chi connectivity index (χ2n) is 9.43. The summed E-state index contributed by atoms with van der Waals surface area (Å²) in [7, 11) is 4.78. The van der Waals surface area contributed by atoms with E-state index in [0.717, 1.165) is 29.4 Å². The van der Waals surface area contributed by atoms with Gasteiger partial charge in [-0.1, -0.05) is 24.3 Å². The van der Waals surface area contributed by atoms with Crippen LogP contribution in [0, 0.1) is 5.82 Å². The molecule has 39 heavy (non-hydrogen) atoms. The fraction of sp³-hybridized carbons (Fsp3) is 0.290. The van der Waals surface area contributed by atoms with Gasteiger partial charge in [-0.25, -0.2) is 9.37 Å². The van der Waals surface area contributed by atoms with E-state index in [4.69, 9.17) is 23.9 Å². The highest BCUT2D eigenvalue weighted by atomic mass is 19.1. The Morgan fingerprint density at radius 3 is 2.51 bits per heavy atom. The lowest BCUT2D eigenvalue weighted by Crippen LogP contribution is -2.37. The summed E-state index contributed by atoms with van der Waals surface area (Å²) < 4.78 is 37.0. The third-order valence-electron chi connectivity index (χ3n) is 6.94. The van der Waals surface area contributed by atoms with Gasteiger partial charge in [-0.3, -0.25) is 4.79 Å². The van der Waals surface area contributed by atoms with Gasteiger partial charge in [-0.05, 0) is 54.8 Å². The number of amides is 1. The van der Waals surface area contributed by atoms with E-state index in [9.17, 15) is 9.18 Å². The third-order valence-corrected chi connectivity index (χ3v) is 6.94. The number of carbonyl (C=O) groups excluding carboxylic acids is 1. The number of carbonyl (C=O) groups is 1. The van der Waals surface area contributed by atoms with Gasteiger partial charge < -0.3 is 23.8 Å². The molecule has 5 rings (SSSR count). The average molecular weight is 531 g/mol. The van der Waals surface area contributed by atoms with Gasteiger partial charge in [0.15, 0.2) is 11.5 Å². The number of hydrogen-bond donors (Lipinski definition) is 0. The van der Waals surface area contributed by atoms with Crippen LogP contribution in [0.3, 0.4) is 0 Å². The fourth-order valence-electron chi connectivity index (χ4n) is 4.95. The molecular formula is C31H31FN2O5. The highest BCUT2D eigenvalue weighted by molar-refractivity contribution is 5.95. The van der Waals surface area contributed by atoms with E-state index in [1.165, 1.54) is 12.1 Å². The number of rotatable bonds is 9. The van der Waals surface area contributed by atoms with Gasteiger partial charge in [0.2, 0.25) is 0 Å². The van der Waals surface area contributed by atoms with Crippen LogP contribution in [0.1, 0.15) is 28.8 Å². The lowest BCUT2D eigenvalue weighted by Gasteiger charge is -2.27. The van der Waals surface area contributed by atoms with Crippen LogP contribution in [0.4, 0.5) is 4.39 Å². The summed E-state index contributed by atoms with van der Waals surface area (Å²) in [6.45, 7) is 1.20. The zero-order valence-corrected chi connectivity index (χ0v) is 22.3. The van der Waals surface area contributed by atoms with Crippen molar-refractivity contribution in [1.82, 2.24) is 9.88 Å². The van der Waals surface area contributed by atoms with Crippen molar-refractivity contribution in [1.29, 1.82) is 0 Å². The summed E-state index contributed by atoms with van der Waals surface area (Å²) in [5.41, 5.74) is 3.05. The lowest BCUT2D eigenvalue weighted by molar-refractivity contribution is 0.0504. The molecule has 0 bridgehead atoms. The van der Waals surface area contributed by atoms with Crippen molar-refractivity contribution in [3.05, 3.63) is 83.7 Å². The van der Waals surface area contributed by atoms with Crippen LogP contribution in [-0.2, 0) is 11.3 Å². The molecule has 3 aromatic carbocycles. The summed E-state index contributed by atoms with van der Waals surface area (Å²) in [6.07, 6.45) is 1.66. The number of halogens is 1. The quantitative estimate of drug-likeness (QED) is 0.269. The predicted molar refractivity (Wildman–Crippen MR) is 147 cm³/mol. The molecule has 0 spiro atoms. The summed E-state index contributed by atoms with van der Waals surface area (Å²) in [6, 6.07) is 19.4. The van der Waals surface area contributed by atoms with Crippen molar-refractivity contribution in [2.24, 2.45) is 0 Å². The molecule has 0 saturated carbocycles. The van der Waals surface area contributed by atoms with Crippen molar-refractivity contribution >= 4 is 16.8 Å². The molecule has 0 unspecified atom stereocenters. The maximum absolute atomic E-state index is 14.7. The Balaban J connectivity index is 1.64.